The number of halogens is 1. The van der Waals surface area contributed by atoms with E-state index >= 15 is 0 Å². The Morgan fingerprint density at radius 3 is 2.58 bits per heavy atom. The van der Waals surface area contributed by atoms with Gasteiger partial charge in [-0.1, -0.05) is 0 Å². The lowest BCUT2D eigenvalue weighted by molar-refractivity contribution is 0.196. The number of rotatable bonds is 7. The van der Waals surface area contributed by atoms with Gasteiger partial charge in [0, 0.05) is 20.7 Å². The highest BCUT2D eigenvalue weighted by Crippen LogP contribution is 2.18. The Kier molecular flexibility index (Phi) is 5.79. The molecule has 0 aromatic carbocycles. The van der Waals surface area contributed by atoms with Crippen LogP contribution < -0.4 is 4.72 Å². The van der Waals surface area contributed by atoms with Crippen molar-refractivity contribution >= 4 is 21.6 Å². The van der Waals surface area contributed by atoms with Gasteiger partial charge < -0.3 is 4.74 Å². The van der Waals surface area contributed by atoms with Crippen molar-refractivity contribution in [3.8, 4) is 0 Å². The summed E-state index contributed by atoms with van der Waals surface area (Å²) >= 11 is 5.95. The van der Waals surface area contributed by atoms with Crippen LogP contribution in [-0.4, -0.2) is 43.8 Å². The molecule has 1 atom stereocenters. The summed E-state index contributed by atoms with van der Waals surface area (Å²) in [6.07, 6.45) is 0.507. The molecule has 0 saturated carbocycles. The van der Waals surface area contributed by atoms with Gasteiger partial charge in [0.15, 0.2) is 0 Å². The van der Waals surface area contributed by atoms with Gasteiger partial charge in [-0.15, -0.1) is 11.6 Å². The van der Waals surface area contributed by atoms with Crippen molar-refractivity contribution in [1.29, 1.82) is 0 Å². The van der Waals surface area contributed by atoms with Crippen LogP contribution >= 0.6 is 11.6 Å². The van der Waals surface area contributed by atoms with Crippen LogP contribution in [-0.2, 0) is 21.8 Å². The third kappa shape index (κ3) is 4.17. The lowest BCUT2D eigenvalue weighted by atomic mass is 10.3. The molecular weight excluding hydrogens is 290 g/mol. The lowest BCUT2D eigenvalue weighted by Crippen LogP contribution is -2.28. The van der Waals surface area contributed by atoms with Gasteiger partial charge in [-0.3, -0.25) is 4.68 Å². The second kappa shape index (κ2) is 6.69. The first-order chi connectivity index (χ1) is 8.79. The normalized spacial score (nSPS) is 13.7. The summed E-state index contributed by atoms with van der Waals surface area (Å²) in [7, 11) is -0.270. The molecular formula is C11H20ClN3O3S. The van der Waals surface area contributed by atoms with Gasteiger partial charge >= 0.3 is 0 Å². The standard InChI is InChI=1S/C11H20ClN3O3S/c1-8-11(9(2)15(3)14-8)19(16,17)13-6-5-10(12)7-18-4/h10,13H,5-7H2,1-4H3. The van der Waals surface area contributed by atoms with E-state index < -0.39 is 10.0 Å². The van der Waals surface area contributed by atoms with E-state index in [9.17, 15) is 8.42 Å². The van der Waals surface area contributed by atoms with Gasteiger partial charge in [0.1, 0.15) is 4.90 Å². The molecule has 1 rings (SSSR count). The molecule has 1 aromatic heterocycles. The number of ether oxygens (including phenoxy) is 1. The molecule has 0 aliphatic carbocycles. The highest BCUT2D eigenvalue weighted by Gasteiger charge is 2.23. The number of nitrogens with zero attached hydrogens (tertiary/aromatic N) is 2. The van der Waals surface area contributed by atoms with E-state index in [2.05, 4.69) is 9.82 Å². The summed E-state index contributed by atoms with van der Waals surface area (Å²) in [6, 6.07) is 0. The Labute approximate surface area is 119 Å². The van der Waals surface area contributed by atoms with Crippen LogP contribution in [0, 0.1) is 13.8 Å². The summed E-state index contributed by atoms with van der Waals surface area (Å²) in [4.78, 5) is 0.243. The van der Waals surface area contributed by atoms with E-state index in [0.29, 0.717) is 24.4 Å². The zero-order valence-electron chi connectivity index (χ0n) is 11.6. The first-order valence-electron chi connectivity index (χ1n) is 5.92. The number of aryl methyl sites for hydroxylation is 2. The van der Waals surface area contributed by atoms with E-state index in [4.69, 9.17) is 16.3 Å². The predicted molar refractivity (Wildman–Crippen MR) is 74.0 cm³/mol. The zero-order chi connectivity index (χ0) is 14.6. The Bertz CT molecular complexity index is 528. The minimum absolute atomic E-state index is 0.205. The van der Waals surface area contributed by atoms with E-state index in [0.717, 1.165) is 0 Å². The van der Waals surface area contributed by atoms with Crippen LogP contribution in [0.5, 0.6) is 0 Å². The summed E-state index contributed by atoms with van der Waals surface area (Å²) < 4.78 is 33.4. The number of aromatic nitrogens is 2. The fourth-order valence-corrected chi connectivity index (χ4v) is 3.55. The summed E-state index contributed by atoms with van der Waals surface area (Å²) in [5.41, 5.74) is 1.11. The van der Waals surface area contributed by atoms with Crippen molar-refractivity contribution in [3.05, 3.63) is 11.4 Å². The SMILES string of the molecule is COCC(Cl)CCNS(=O)(=O)c1c(C)nn(C)c1C. The Balaban J connectivity index is 2.72. The molecule has 6 nitrogen and oxygen atoms in total. The molecule has 0 amide bonds. The van der Waals surface area contributed by atoms with Gasteiger partial charge in [-0.05, 0) is 20.3 Å². The van der Waals surface area contributed by atoms with Crippen LogP contribution in [0.4, 0.5) is 0 Å². The number of sulfonamides is 1. The highest BCUT2D eigenvalue weighted by molar-refractivity contribution is 7.89. The third-order valence-corrected chi connectivity index (χ3v) is 4.87. The number of hydrogen-bond donors (Lipinski definition) is 1. The molecule has 0 bridgehead atoms. The molecule has 0 saturated heterocycles. The van der Waals surface area contributed by atoms with Gasteiger partial charge in [0.2, 0.25) is 10.0 Å². The average molecular weight is 310 g/mol. The average Bonchev–Trinajstić information content (AvgIpc) is 2.53. The predicted octanol–water partition coefficient (Wildman–Crippen LogP) is 0.959. The van der Waals surface area contributed by atoms with Crippen molar-refractivity contribution in [2.45, 2.75) is 30.5 Å². The Morgan fingerprint density at radius 1 is 1.47 bits per heavy atom. The molecule has 0 radical (unpaired) electrons. The molecule has 0 spiro atoms. The Morgan fingerprint density at radius 2 is 2.11 bits per heavy atom. The van der Waals surface area contributed by atoms with Gasteiger partial charge in [0.25, 0.3) is 0 Å². The number of methoxy groups -OCH3 is 1. The Hall–Kier alpha value is -0.630. The molecule has 1 unspecified atom stereocenters. The summed E-state index contributed by atoms with van der Waals surface area (Å²) in [5, 5.41) is 3.90. The molecule has 0 aliphatic rings. The van der Waals surface area contributed by atoms with E-state index in [1.54, 1.807) is 32.7 Å². The lowest BCUT2D eigenvalue weighted by Gasteiger charge is -2.10. The van der Waals surface area contributed by atoms with Crippen LogP contribution in [0.1, 0.15) is 17.8 Å². The molecule has 110 valence electrons. The van der Waals surface area contributed by atoms with Crippen molar-refractivity contribution in [1.82, 2.24) is 14.5 Å². The minimum Gasteiger partial charge on any atom is -0.383 e. The van der Waals surface area contributed by atoms with Crippen LogP contribution in [0.2, 0.25) is 0 Å². The molecule has 1 aromatic rings. The van der Waals surface area contributed by atoms with E-state index in [1.165, 1.54) is 0 Å². The van der Waals surface area contributed by atoms with Crippen molar-refractivity contribution in [2.75, 3.05) is 20.3 Å². The van der Waals surface area contributed by atoms with Crippen LogP contribution in [0.15, 0.2) is 4.90 Å². The maximum atomic E-state index is 12.2. The zero-order valence-corrected chi connectivity index (χ0v) is 13.2. The van der Waals surface area contributed by atoms with Gasteiger partial charge in [-0.2, -0.15) is 5.10 Å². The second-order valence-electron chi connectivity index (χ2n) is 4.36. The quantitative estimate of drug-likeness (QED) is 0.761. The highest BCUT2D eigenvalue weighted by atomic mass is 35.5. The summed E-state index contributed by atoms with van der Waals surface area (Å²) in [5.74, 6) is 0. The maximum absolute atomic E-state index is 12.2. The fraction of sp³-hybridized carbons (Fsp3) is 0.727. The first kappa shape index (κ1) is 16.4. The largest absolute Gasteiger partial charge is 0.383 e. The number of alkyl halides is 1. The van der Waals surface area contributed by atoms with Crippen LogP contribution in [0.3, 0.4) is 0 Å². The monoisotopic (exact) mass is 309 g/mol. The van der Waals surface area contributed by atoms with Gasteiger partial charge in [0.05, 0.1) is 23.4 Å². The number of hydrogen-bond acceptors (Lipinski definition) is 4. The first-order valence-corrected chi connectivity index (χ1v) is 7.84. The molecule has 0 aliphatic heterocycles. The third-order valence-electron chi connectivity index (χ3n) is 2.81. The molecule has 1 heterocycles. The molecule has 8 heteroatoms. The second-order valence-corrected chi connectivity index (χ2v) is 6.68. The van der Waals surface area contributed by atoms with Crippen molar-refractivity contribution < 1.29 is 13.2 Å². The van der Waals surface area contributed by atoms with E-state index in [-0.39, 0.29) is 16.8 Å². The van der Waals surface area contributed by atoms with Crippen molar-refractivity contribution in [3.63, 3.8) is 0 Å². The topological polar surface area (TPSA) is 73.2 Å². The smallest absolute Gasteiger partial charge is 0.244 e. The fourth-order valence-electron chi connectivity index (χ4n) is 1.83. The maximum Gasteiger partial charge on any atom is 0.244 e. The van der Waals surface area contributed by atoms with Gasteiger partial charge in [-0.25, -0.2) is 13.1 Å². The molecule has 19 heavy (non-hydrogen) atoms. The molecule has 0 fully saturated rings. The minimum atomic E-state index is -3.54. The van der Waals surface area contributed by atoms with Crippen LogP contribution in [0.25, 0.3) is 0 Å². The van der Waals surface area contributed by atoms with E-state index in [1.807, 2.05) is 0 Å². The van der Waals surface area contributed by atoms with Crippen molar-refractivity contribution in [2.24, 2.45) is 7.05 Å². The number of nitrogens with one attached hydrogen (secondary N) is 1. The molecule has 1 N–H and O–H groups in total. The summed E-state index contributed by atoms with van der Waals surface area (Å²) in [6.45, 7) is 4.07.